The van der Waals surface area contributed by atoms with Crippen molar-refractivity contribution >= 4 is 25.1 Å². The second-order valence-electron chi connectivity index (χ2n) is 2.82. The number of nitrogens with zero attached hydrogens (tertiary/aromatic N) is 1. The standard InChI is InChI=1S/C10H20N.Li.H/c1-4-7-9-11-10(6-3)8-5-2;;/h9-10H,1,4-8H2,2-3H3;;. The fourth-order valence-electron chi connectivity index (χ4n) is 1.03. The first-order valence-corrected chi connectivity index (χ1v) is 4.66. The average molecular weight is 162 g/mol. The van der Waals surface area contributed by atoms with E-state index in [0.717, 1.165) is 12.8 Å². The van der Waals surface area contributed by atoms with Crippen LogP contribution in [0.2, 0.25) is 0 Å². The number of hydrogen-bond donors (Lipinski definition) is 0. The van der Waals surface area contributed by atoms with Gasteiger partial charge in [0.15, 0.2) is 0 Å². The molecule has 0 saturated carbocycles. The Kier molecular flexibility index (Phi) is 13.9. The molecule has 0 aromatic rings. The third-order valence-corrected chi connectivity index (χ3v) is 1.74. The molecular formula is C10H21LiN. The van der Waals surface area contributed by atoms with Gasteiger partial charge in [-0.15, -0.1) is 0 Å². The maximum absolute atomic E-state index is 4.46. The Morgan fingerprint density at radius 1 is 1.42 bits per heavy atom. The first kappa shape index (κ1) is 14.8. The molecule has 1 unspecified atom stereocenters. The van der Waals surface area contributed by atoms with Crippen LogP contribution in [0.3, 0.4) is 0 Å². The molecule has 12 heavy (non-hydrogen) atoms. The molecule has 0 aliphatic heterocycles. The van der Waals surface area contributed by atoms with Crippen LogP contribution in [0.25, 0.3) is 0 Å². The molecule has 0 rings (SSSR count). The van der Waals surface area contributed by atoms with Crippen molar-refractivity contribution in [1.82, 2.24) is 0 Å². The Hall–Kier alpha value is 0.267. The summed E-state index contributed by atoms with van der Waals surface area (Å²) in [5.74, 6) is 0. The van der Waals surface area contributed by atoms with Crippen molar-refractivity contribution in [1.29, 1.82) is 0 Å². The summed E-state index contributed by atoms with van der Waals surface area (Å²) in [6.07, 6.45) is 7.65. The van der Waals surface area contributed by atoms with Crippen LogP contribution < -0.4 is 0 Å². The van der Waals surface area contributed by atoms with Gasteiger partial charge in [-0.25, -0.2) is 0 Å². The monoisotopic (exact) mass is 162 g/mol. The second kappa shape index (κ2) is 11.3. The van der Waals surface area contributed by atoms with Crippen molar-refractivity contribution in [2.45, 2.75) is 52.0 Å². The zero-order chi connectivity index (χ0) is 8.53. The number of hydrogen-bond acceptors (Lipinski definition) is 1. The van der Waals surface area contributed by atoms with Crippen LogP contribution in [0.4, 0.5) is 0 Å². The molecule has 1 nitrogen and oxygen atoms in total. The van der Waals surface area contributed by atoms with Gasteiger partial charge in [0.25, 0.3) is 0 Å². The third-order valence-electron chi connectivity index (χ3n) is 1.74. The molecule has 0 amide bonds. The predicted octanol–water partition coefficient (Wildman–Crippen LogP) is 2.60. The summed E-state index contributed by atoms with van der Waals surface area (Å²) >= 11 is 0. The van der Waals surface area contributed by atoms with Crippen molar-refractivity contribution < 1.29 is 0 Å². The first-order chi connectivity index (χ1) is 5.35. The van der Waals surface area contributed by atoms with Crippen LogP contribution in [0.15, 0.2) is 4.99 Å². The van der Waals surface area contributed by atoms with E-state index in [1.54, 1.807) is 0 Å². The SMILES string of the molecule is [CH2]CCC=NC(CC)CCC.[LiH]. The molecule has 0 heterocycles. The summed E-state index contributed by atoms with van der Waals surface area (Å²) in [7, 11) is 0. The molecule has 0 aliphatic rings. The number of aliphatic imine (C=N–C) groups is 1. The molecule has 0 spiro atoms. The topological polar surface area (TPSA) is 12.4 Å². The van der Waals surface area contributed by atoms with Crippen LogP contribution >= 0.6 is 0 Å². The van der Waals surface area contributed by atoms with Crippen LogP contribution in [0, 0.1) is 6.92 Å². The number of unbranched alkanes of at least 4 members (excludes halogenated alkanes) is 1. The van der Waals surface area contributed by atoms with E-state index in [1.165, 1.54) is 19.3 Å². The van der Waals surface area contributed by atoms with Crippen molar-refractivity contribution in [2.24, 2.45) is 4.99 Å². The summed E-state index contributed by atoms with van der Waals surface area (Å²) in [6.45, 7) is 8.17. The van der Waals surface area contributed by atoms with E-state index in [0.29, 0.717) is 6.04 Å². The van der Waals surface area contributed by atoms with Gasteiger partial charge in [-0.3, -0.25) is 4.99 Å². The quantitative estimate of drug-likeness (QED) is 0.420. The Morgan fingerprint density at radius 3 is 2.50 bits per heavy atom. The van der Waals surface area contributed by atoms with Crippen LogP contribution in [-0.4, -0.2) is 31.1 Å². The Bertz CT molecular complexity index is 102. The van der Waals surface area contributed by atoms with Crippen molar-refractivity contribution in [3.05, 3.63) is 6.92 Å². The zero-order valence-corrected chi connectivity index (χ0v) is 7.84. The van der Waals surface area contributed by atoms with E-state index in [9.17, 15) is 0 Å². The molecule has 1 radical (unpaired) electrons. The van der Waals surface area contributed by atoms with E-state index < -0.39 is 0 Å². The van der Waals surface area contributed by atoms with Crippen molar-refractivity contribution in [2.75, 3.05) is 0 Å². The van der Waals surface area contributed by atoms with Gasteiger partial charge in [0.2, 0.25) is 0 Å². The van der Waals surface area contributed by atoms with Crippen LogP contribution in [0.1, 0.15) is 46.0 Å². The third kappa shape index (κ3) is 8.36. The van der Waals surface area contributed by atoms with Crippen molar-refractivity contribution in [3.8, 4) is 0 Å². The summed E-state index contributed by atoms with van der Waals surface area (Å²) in [5, 5.41) is 0. The van der Waals surface area contributed by atoms with E-state index in [4.69, 9.17) is 0 Å². The molecule has 0 saturated heterocycles. The van der Waals surface area contributed by atoms with E-state index in [2.05, 4.69) is 25.8 Å². The molecule has 0 N–H and O–H groups in total. The van der Waals surface area contributed by atoms with E-state index >= 15 is 0 Å². The normalized spacial score (nSPS) is 12.9. The molecular weight excluding hydrogens is 141 g/mol. The molecule has 67 valence electrons. The van der Waals surface area contributed by atoms with E-state index in [-0.39, 0.29) is 18.9 Å². The fraction of sp³-hybridized carbons (Fsp3) is 0.800. The number of rotatable bonds is 6. The van der Waals surface area contributed by atoms with Crippen LogP contribution in [-0.2, 0) is 0 Å². The first-order valence-electron chi connectivity index (χ1n) is 4.66. The summed E-state index contributed by atoms with van der Waals surface area (Å²) in [4.78, 5) is 4.46. The van der Waals surface area contributed by atoms with Crippen LogP contribution in [0.5, 0.6) is 0 Å². The predicted molar refractivity (Wildman–Crippen MR) is 59.2 cm³/mol. The van der Waals surface area contributed by atoms with Gasteiger partial charge in [0.1, 0.15) is 0 Å². The van der Waals surface area contributed by atoms with Gasteiger partial charge in [-0.05, 0) is 31.9 Å². The maximum atomic E-state index is 4.46. The molecule has 0 fully saturated rings. The minimum absolute atomic E-state index is 0. The molecule has 0 aromatic carbocycles. The Morgan fingerprint density at radius 2 is 2.08 bits per heavy atom. The van der Waals surface area contributed by atoms with Gasteiger partial charge in [0, 0.05) is 6.04 Å². The van der Waals surface area contributed by atoms with Gasteiger partial charge >= 0.3 is 18.9 Å². The summed E-state index contributed by atoms with van der Waals surface area (Å²) in [5.41, 5.74) is 0. The van der Waals surface area contributed by atoms with Crippen molar-refractivity contribution in [3.63, 3.8) is 0 Å². The molecule has 0 aliphatic carbocycles. The van der Waals surface area contributed by atoms with Gasteiger partial charge < -0.3 is 0 Å². The van der Waals surface area contributed by atoms with Gasteiger partial charge in [-0.2, -0.15) is 0 Å². The average Bonchev–Trinajstić information content (AvgIpc) is 2.03. The molecule has 0 bridgehead atoms. The minimum atomic E-state index is 0. The van der Waals surface area contributed by atoms with Gasteiger partial charge in [-0.1, -0.05) is 27.2 Å². The Balaban J connectivity index is 0. The van der Waals surface area contributed by atoms with E-state index in [1.807, 2.05) is 6.21 Å². The fourth-order valence-corrected chi connectivity index (χ4v) is 1.03. The molecule has 1 atom stereocenters. The summed E-state index contributed by atoms with van der Waals surface area (Å²) in [6, 6.07) is 0.562. The Labute approximate surface area is 89.2 Å². The molecule has 0 aromatic heterocycles. The second-order valence-corrected chi connectivity index (χ2v) is 2.82. The van der Waals surface area contributed by atoms with Gasteiger partial charge in [0.05, 0.1) is 0 Å². The summed E-state index contributed by atoms with van der Waals surface area (Å²) < 4.78 is 0. The zero-order valence-electron chi connectivity index (χ0n) is 7.84. The molecule has 2 heteroatoms.